The molecule has 1 aromatic heterocycles. The highest BCUT2D eigenvalue weighted by Gasteiger charge is 2.16. The van der Waals surface area contributed by atoms with Crippen molar-refractivity contribution in [3.8, 4) is 0 Å². The van der Waals surface area contributed by atoms with E-state index in [4.69, 9.17) is 16.0 Å². The molecule has 0 saturated heterocycles. The topological polar surface area (TPSA) is 33.5 Å². The van der Waals surface area contributed by atoms with Crippen molar-refractivity contribution < 1.29 is 9.21 Å². The van der Waals surface area contributed by atoms with Gasteiger partial charge in [-0.15, -0.1) is 11.6 Å². The van der Waals surface area contributed by atoms with Crippen molar-refractivity contribution in [2.45, 2.75) is 13.8 Å². The minimum atomic E-state index is -0.0144. The number of carbonyl (C=O) groups excluding carboxylic acids is 1. The number of aryl methyl sites for hydroxylation is 1. The van der Waals surface area contributed by atoms with Gasteiger partial charge in [0.25, 0.3) is 5.91 Å². The minimum absolute atomic E-state index is 0.0144. The molecule has 0 bridgehead atoms. The van der Waals surface area contributed by atoms with E-state index in [2.05, 4.69) is 0 Å². The van der Waals surface area contributed by atoms with E-state index in [1.165, 1.54) is 6.26 Å². The van der Waals surface area contributed by atoms with Crippen LogP contribution in [0.4, 0.5) is 0 Å². The highest BCUT2D eigenvalue weighted by molar-refractivity contribution is 6.18. The van der Waals surface area contributed by atoms with Gasteiger partial charge in [0.1, 0.15) is 5.76 Å². The van der Waals surface area contributed by atoms with E-state index in [0.717, 1.165) is 0 Å². The molecule has 0 aliphatic heterocycles. The molecule has 0 N–H and O–H groups in total. The van der Waals surface area contributed by atoms with Gasteiger partial charge in [0.2, 0.25) is 0 Å². The minimum Gasteiger partial charge on any atom is -0.469 e. The average molecular weight is 216 g/mol. The molecular formula is C10H14ClNO2. The Bertz CT molecular complexity index is 309. The predicted octanol–water partition coefficient (Wildman–Crippen LogP) is 2.29. The molecule has 1 aromatic rings. The summed E-state index contributed by atoms with van der Waals surface area (Å²) in [5.41, 5.74) is 0.622. The first-order valence-corrected chi connectivity index (χ1v) is 5.13. The van der Waals surface area contributed by atoms with Crippen molar-refractivity contribution in [1.29, 1.82) is 0 Å². The predicted molar refractivity (Wildman–Crippen MR) is 55.7 cm³/mol. The van der Waals surface area contributed by atoms with Crippen LogP contribution in [-0.4, -0.2) is 29.8 Å². The lowest BCUT2D eigenvalue weighted by atomic mass is 10.2. The van der Waals surface area contributed by atoms with Crippen LogP contribution in [0.15, 0.2) is 16.7 Å². The quantitative estimate of drug-likeness (QED) is 0.723. The third kappa shape index (κ3) is 2.29. The number of furan rings is 1. The number of amides is 1. The molecule has 0 aliphatic rings. The van der Waals surface area contributed by atoms with Gasteiger partial charge in [-0.1, -0.05) is 0 Å². The Labute approximate surface area is 88.6 Å². The molecule has 1 amide bonds. The molecule has 0 fully saturated rings. The van der Waals surface area contributed by atoms with Crippen LogP contribution in [0.2, 0.25) is 0 Å². The largest absolute Gasteiger partial charge is 0.469 e. The number of alkyl halides is 1. The van der Waals surface area contributed by atoms with Crippen LogP contribution in [0.25, 0.3) is 0 Å². The Kier molecular flexibility index (Phi) is 4.01. The Morgan fingerprint density at radius 2 is 2.36 bits per heavy atom. The normalized spacial score (nSPS) is 10.2. The second-order valence-corrected chi connectivity index (χ2v) is 3.34. The summed E-state index contributed by atoms with van der Waals surface area (Å²) in [6.45, 7) is 4.94. The number of nitrogens with zero attached hydrogens (tertiary/aromatic N) is 1. The molecule has 0 aliphatic carbocycles. The summed E-state index contributed by atoms with van der Waals surface area (Å²) in [6.07, 6.45) is 1.52. The van der Waals surface area contributed by atoms with E-state index < -0.39 is 0 Å². The van der Waals surface area contributed by atoms with E-state index in [-0.39, 0.29) is 5.91 Å². The van der Waals surface area contributed by atoms with Crippen LogP contribution in [0, 0.1) is 6.92 Å². The summed E-state index contributed by atoms with van der Waals surface area (Å²) in [7, 11) is 0. The summed E-state index contributed by atoms with van der Waals surface area (Å²) in [5, 5.41) is 0. The Morgan fingerprint density at radius 1 is 1.64 bits per heavy atom. The second-order valence-electron chi connectivity index (χ2n) is 2.96. The van der Waals surface area contributed by atoms with Gasteiger partial charge >= 0.3 is 0 Å². The zero-order valence-corrected chi connectivity index (χ0v) is 9.17. The molecule has 0 unspecified atom stereocenters. The average Bonchev–Trinajstić information content (AvgIpc) is 2.59. The van der Waals surface area contributed by atoms with Crippen molar-refractivity contribution >= 4 is 17.5 Å². The number of halogens is 1. The molecule has 14 heavy (non-hydrogen) atoms. The SMILES string of the molecule is CCN(CCCl)C(=O)c1ccoc1C. The summed E-state index contributed by atoms with van der Waals surface area (Å²) >= 11 is 5.60. The fourth-order valence-corrected chi connectivity index (χ4v) is 1.49. The lowest BCUT2D eigenvalue weighted by Crippen LogP contribution is -2.32. The van der Waals surface area contributed by atoms with Crippen LogP contribution in [0.3, 0.4) is 0 Å². The van der Waals surface area contributed by atoms with Crippen LogP contribution in [0.5, 0.6) is 0 Å². The Hall–Kier alpha value is -0.960. The summed E-state index contributed by atoms with van der Waals surface area (Å²) in [5.74, 6) is 1.10. The smallest absolute Gasteiger partial charge is 0.257 e. The highest BCUT2D eigenvalue weighted by atomic mass is 35.5. The van der Waals surface area contributed by atoms with E-state index >= 15 is 0 Å². The van der Waals surface area contributed by atoms with E-state index in [1.807, 2.05) is 6.92 Å². The highest BCUT2D eigenvalue weighted by Crippen LogP contribution is 2.11. The maximum Gasteiger partial charge on any atom is 0.257 e. The van der Waals surface area contributed by atoms with Crippen LogP contribution >= 0.6 is 11.6 Å². The lowest BCUT2D eigenvalue weighted by molar-refractivity contribution is 0.0772. The van der Waals surface area contributed by atoms with Crippen molar-refractivity contribution in [2.75, 3.05) is 19.0 Å². The van der Waals surface area contributed by atoms with Gasteiger partial charge in [-0.25, -0.2) is 0 Å². The number of rotatable bonds is 4. The molecular weight excluding hydrogens is 202 g/mol. The first-order valence-electron chi connectivity index (χ1n) is 4.60. The van der Waals surface area contributed by atoms with Crippen molar-refractivity contribution in [3.63, 3.8) is 0 Å². The summed E-state index contributed by atoms with van der Waals surface area (Å²) in [4.78, 5) is 13.6. The first kappa shape index (κ1) is 11.1. The second kappa shape index (κ2) is 5.05. The maximum atomic E-state index is 11.9. The molecule has 1 rings (SSSR count). The summed E-state index contributed by atoms with van der Waals surface area (Å²) < 4.78 is 5.08. The Morgan fingerprint density at radius 3 is 2.79 bits per heavy atom. The summed E-state index contributed by atoms with van der Waals surface area (Å²) in [6, 6.07) is 1.69. The fraction of sp³-hybridized carbons (Fsp3) is 0.500. The zero-order valence-electron chi connectivity index (χ0n) is 8.42. The maximum absolute atomic E-state index is 11.9. The van der Waals surface area contributed by atoms with Gasteiger partial charge in [-0.2, -0.15) is 0 Å². The zero-order chi connectivity index (χ0) is 10.6. The number of hydrogen-bond acceptors (Lipinski definition) is 2. The molecule has 78 valence electrons. The van der Waals surface area contributed by atoms with Crippen LogP contribution in [-0.2, 0) is 0 Å². The molecule has 0 saturated carbocycles. The monoisotopic (exact) mass is 215 g/mol. The van der Waals surface area contributed by atoms with Crippen molar-refractivity contribution in [3.05, 3.63) is 23.7 Å². The third-order valence-electron chi connectivity index (χ3n) is 2.11. The van der Waals surface area contributed by atoms with Gasteiger partial charge in [0.15, 0.2) is 0 Å². The molecule has 0 spiro atoms. The van der Waals surface area contributed by atoms with Crippen LogP contribution in [0.1, 0.15) is 23.0 Å². The molecule has 0 radical (unpaired) electrons. The van der Waals surface area contributed by atoms with Gasteiger partial charge in [0.05, 0.1) is 11.8 Å². The van der Waals surface area contributed by atoms with Crippen LogP contribution < -0.4 is 0 Å². The number of carbonyl (C=O) groups is 1. The van der Waals surface area contributed by atoms with Gasteiger partial charge in [0, 0.05) is 19.0 Å². The van der Waals surface area contributed by atoms with E-state index in [0.29, 0.717) is 30.3 Å². The standard InChI is InChI=1S/C10H14ClNO2/c1-3-12(6-5-11)10(13)9-4-7-14-8(9)2/h4,7H,3,5-6H2,1-2H3. The molecule has 0 atom stereocenters. The number of hydrogen-bond donors (Lipinski definition) is 0. The molecule has 0 aromatic carbocycles. The molecule has 3 nitrogen and oxygen atoms in total. The van der Waals surface area contributed by atoms with Gasteiger partial charge < -0.3 is 9.32 Å². The van der Waals surface area contributed by atoms with E-state index in [9.17, 15) is 4.79 Å². The molecule has 1 heterocycles. The van der Waals surface area contributed by atoms with Gasteiger partial charge in [-0.05, 0) is 19.9 Å². The lowest BCUT2D eigenvalue weighted by Gasteiger charge is -2.18. The van der Waals surface area contributed by atoms with Crippen molar-refractivity contribution in [1.82, 2.24) is 4.90 Å². The van der Waals surface area contributed by atoms with Gasteiger partial charge in [-0.3, -0.25) is 4.79 Å². The fourth-order valence-electron chi connectivity index (χ4n) is 1.28. The van der Waals surface area contributed by atoms with Crippen molar-refractivity contribution in [2.24, 2.45) is 0 Å². The third-order valence-corrected chi connectivity index (χ3v) is 2.28. The molecule has 4 heteroatoms. The Balaban J connectivity index is 2.78. The first-order chi connectivity index (χ1) is 6.70. The van der Waals surface area contributed by atoms with E-state index in [1.54, 1.807) is 17.9 Å².